The predicted molar refractivity (Wildman–Crippen MR) is 101 cm³/mol. The van der Waals surface area contributed by atoms with Gasteiger partial charge in [-0.1, -0.05) is 6.92 Å². The molecule has 2 heterocycles. The van der Waals surface area contributed by atoms with Gasteiger partial charge in [-0.25, -0.2) is 9.97 Å². The zero-order valence-corrected chi connectivity index (χ0v) is 14.6. The Morgan fingerprint density at radius 1 is 1.04 bits per heavy atom. The summed E-state index contributed by atoms with van der Waals surface area (Å²) in [6.45, 7) is 6.64. The molecule has 5 nitrogen and oxygen atoms in total. The number of nitrogens with zero attached hydrogens (tertiary/aromatic N) is 3. The van der Waals surface area contributed by atoms with E-state index in [1.807, 2.05) is 6.07 Å². The molecule has 1 atom stereocenters. The van der Waals surface area contributed by atoms with E-state index in [0.29, 0.717) is 6.04 Å². The molecule has 1 saturated heterocycles. The molecule has 24 heavy (non-hydrogen) atoms. The zero-order chi connectivity index (χ0) is 16.8. The molecular formula is C19H27N5. The Kier molecular flexibility index (Phi) is 5.51. The second-order valence-corrected chi connectivity index (χ2v) is 6.46. The number of rotatable bonds is 6. The zero-order valence-electron chi connectivity index (χ0n) is 14.6. The molecule has 0 radical (unpaired) electrons. The fraction of sp³-hybridized carbons (Fsp3) is 0.474. The van der Waals surface area contributed by atoms with Crippen molar-refractivity contribution in [1.29, 1.82) is 0 Å². The van der Waals surface area contributed by atoms with E-state index >= 15 is 0 Å². The normalized spacial score (nSPS) is 15.8. The van der Waals surface area contributed by atoms with E-state index in [1.165, 1.54) is 38.0 Å². The first-order valence-electron chi connectivity index (χ1n) is 8.95. The summed E-state index contributed by atoms with van der Waals surface area (Å²) in [4.78, 5) is 11.0. The van der Waals surface area contributed by atoms with E-state index < -0.39 is 0 Å². The Morgan fingerprint density at radius 2 is 1.75 bits per heavy atom. The third-order valence-electron chi connectivity index (χ3n) is 4.53. The van der Waals surface area contributed by atoms with Gasteiger partial charge in [-0.2, -0.15) is 0 Å². The highest BCUT2D eigenvalue weighted by molar-refractivity contribution is 5.62. The SMILES string of the molecule is CCC(C)Nc1cc(Nc2ccc(N3CCCCC3)cc2)ncn1. The Hall–Kier alpha value is -2.30. The van der Waals surface area contributed by atoms with Crippen molar-refractivity contribution in [3.63, 3.8) is 0 Å². The summed E-state index contributed by atoms with van der Waals surface area (Å²) in [6, 6.07) is 11.0. The summed E-state index contributed by atoms with van der Waals surface area (Å²) >= 11 is 0. The van der Waals surface area contributed by atoms with E-state index in [9.17, 15) is 0 Å². The number of nitrogens with one attached hydrogen (secondary N) is 2. The molecule has 128 valence electrons. The van der Waals surface area contributed by atoms with E-state index in [-0.39, 0.29) is 0 Å². The first-order valence-corrected chi connectivity index (χ1v) is 8.95. The molecule has 1 fully saturated rings. The van der Waals surface area contributed by atoms with Crippen LogP contribution in [0, 0.1) is 0 Å². The van der Waals surface area contributed by atoms with Crippen molar-refractivity contribution < 1.29 is 0 Å². The molecule has 5 heteroatoms. The smallest absolute Gasteiger partial charge is 0.135 e. The predicted octanol–water partition coefficient (Wildman–Crippen LogP) is 4.42. The number of hydrogen-bond donors (Lipinski definition) is 2. The van der Waals surface area contributed by atoms with Crippen LogP contribution in [0.15, 0.2) is 36.7 Å². The van der Waals surface area contributed by atoms with E-state index in [0.717, 1.165) is 23.7 Å². The van der Waals surface area contributed by atoms with Crippen molar-refractivity contribution in [2.24, 2.45) is 0 Å². The lowest BCUT2D eigenvalue weighted by atomic mass is 10.1. The van der Waals surface area contributed by atoms with Gasteiger partial charge >= 0.3 is 0 Å². The molecule has 3 rings (SSSR count). The molecule has 1 aromatic carbocycles. The molecule has 0 bridgehead atoms. The quantitative estimate of drug-likeness (QED) is 0.823. The van der Waals surface area contributed by atoms with Gasteiger partial charge in [-0.05, 0) is 56.9 Å². The van der Waals surface area contributed by atoms with Crippen LogP contribution < -0.4 is 15.5 Å². The molecule has 0 spiro atoms. The molecule has 1 unspecified atom stereocenters. The van der Waals surface area contributed by atoms with Gasteiger partial charge in [0.15, 0.2) is 0 Å². The van der Waals surface area contributed by atoms with Gasteiger partial charge in [-0.15, -0.1) is 0 Å². The topological polar surface area (TPSA) is 53.1 Å². The van der Waals surface area contributed by atoms with E-state index in [1.54, 1.807) is 6.33 Å². The van der Waals surface area contributed by atoms with E-state index in [2.05, 4.69) is 63.6 Å². The third kappa shape index (κ3) is 4.37. The van der Waals surface area contributed by atoms with Gasteiger partial charge in [-0.3, -0.25) is 0 Å². The van der Waals surface area contributed by atoms with Gasteiger partial charge in [0.2, 0.25) is 0 Å². The van der Waals surface area contributed by atoms with Gasteiger partial charge < -0.3 is 15.5 Å². The van der Waals surface area contributed by atoms with Crippen LogP contribution in [0.5, 0.6) is 0 Å². The van der Waals surface area contributed by atoms with Crippen molar-refractivity contribution in [3.8, 4) is 0 Å². The molecule has 1 aliphatic heterocycles. The van der Waals surface area contributed by atoms with Crippen LogP contribution in [0.25, 0.3) is 0 Å². The minimum absolute atomic E-state index is 0.400. The van der Waals surface area contributed by atoms with Crippen LogP contribution in [0.4, 0.5) is 23.0 Å². The second kappa shape index (κ2) is 7.99. The van der Waals surface area contributed by atoms with Gasteiger partial charge in [0.1, 0.15) is 18.0 Å². The number of aromatic nitrogens is 2. The summed E-state index contributed by atoms with van der Waals surface area (Å²) in [5, 5.41) is 6.73. The first kappa shape index (κ1) is 16.6. The monoisotopic (exact) mass is 325 g/mol. The van der Waals surface area contributed by atoms with Gasteiger partial charge in [0, 0.05) is 36.6 Å². The van der Waals surface area contributed by atoms with Gasteiger partial charge in [0.05, 0.1) is 0 Å². The minimum Gasteiger partial charge on any atom is -0.372 e. The molecule has 0 amide bonds. The molecule has 2 aromatic rings. The standard InChI is InChI=1S/C19H27N5/c1-3-15(2)22-18-13-19(21-14-20-18)23-16-7-9-17(10-8-16)24-11-5-4-6-12-24/h7-10,13-15H,3-6,11-12H2,1-2H3,(H2,20,21,22,23). The highest BCUT2D eigenvalue weighted by Crippen LogP contribution is 2.23. The fourth-order valence-electron chi connectivity index (χ4n) is 2.91. The number of hydrogen-bond acceptors (Lipinski definition) is 5. The Labute approximate surface area is 144 Å². The fourth-order valence-corrected chi connectivity index (χ4v) is 2.91. The maximum Gasteiger partial charge on any atom is 0.135 e. The lowest BCUT2D eigenvalue weighted by molar-refractivity contribution is 0.578. The van der Waals surface area contributed by atoms with Crippen molar-refractivity contribution in [2.45, 2.75) is 45.6 Å². The molecule has 1 aliphatic rings. The molecule has 2 N–H and O–H groups in total. The van der Waals surface area contributed by atoms with Crippen LogP contribution >= 0.6 is 0 Å². The largest absolute Gasteiger partial charge is 0.372 e. The number of anilines is 4. The number of benzene rings is 1. The van der Waals surface area contributed by atoms with Crippen LogP contribution in [0.1, 0.15) is 39.5 Å². The highest BCUT2D eigenvalue weighted by Gasteiger charge is 2.10. The summed E-state index contributed by atoms with van der Waals surface area (Å²) < 4.78 is 0. The van der Waals surface area contributed by atoms with Crippen LogP contribution in [-0.2, 0) is 0 Å². The molecule has 1 aromatic heterocycles. The molecular weight excluding hydrogens is 298 g/mol. The average Bonchev–Trinajstić information content (AvgIpc) is 2.63. The van der Waals surface area contributed by atoms with Crippen molar-refractivity contribution >= 4 is 23.0 Å². The summed E-state index contributed by atoms with van der Waals surface area (Å²) in [5.74, 6) is 1.66. The lowest BCUT2D eigenvalue weighted by Gasteiger charge is -2.28. The minimum atomic E-state index is 0.400. The number of piperidine rings is 1. The third-order valence-corrected chi connectivity index (χ3v) is 4.53. The maximum atomic E-state index is 4.31. The van der Waals surface area contributed by atoms with Crippen LogP contribution in [0.2, 0.25) is 0 Å². The Morgan fingerprint density at radius 3 is 2.46 bits per heavy atom. The van der Waals surface area contributed by atoms with Crippen molar-refractivity contribution in [2.75, 3.05) is 28.6 Å². The summed E-state index contributed by atoms with van der Waals surface area (Å²) in [6.07, 6.45) is 6.61. The highest BCUT2D eigenvalue weighted by atomic mass is 15.1. The Bertz CT molecular complexity index is 634. The van der Waals surface area contributed by atoms with Crippen molar-refractivity contribution in [3.05, 3.63) is 36.7 Å². The van der Waals surface area contributed by atoms with Gasteiger partial charge in [0.25, 0.3) is 0 Å². The summed E-state index contributed by atoms with van der Waals surface area (Å²) in [5.41, 5.74) is 2.35. The first-order chi connectivity index (χ1) is 11.7. The lowest BCUT2D eigenvalue weighted by Crippen LogP contribution is -2.29. The van der Waals surface area contributed by atoms with E-state index in [4.69, 9.17) is 0 Å². The summed E-state index contributed by atoms with van der Waals surface area (Å²) in [7, 11) is 0. The molecule has 0 saturated carbocycles. The second-order valence-electron chi connectivity index (χ2n) is 6.46. The van der Waals surface area contributed by atoms with Crippen LogP contribution in [0.3, 0.4) is 0 Å². The average molecular weight is 325 g/mol. The molecule has 0 aliphatic carbocycles. The van der Waals surface area contributed by atoms with Crippen molar-refractivity contribution in [1.82, 2.24) is 9.97 Å². The van der Waals surface area contributed by atoms with Crippen LogP contribution in [-0.4, -0.2) is 29.1 Å². The Balaban J connectivity index is 1.64. The maximum absolute atomic E-state index is 4.31.